The summed E-state index contributed by atoms with van der Waals surface area (Å²) in [7, 11) is 0. The Bertz CT molecular complexity index is 1680. The molecule has 8 nitrogen and oxygen atoms in total. The number of hydrogen-bond acceptors (Lipinski definition) is 5. The number of amides is 2. The van der Waals surface area contributed by atoms with Crippen molar-refractivity contribution in [3.05, 3.63) is 119 Å². The van der Waals surface area contributed by atoms with E-state index in [1.807, 2.05) is 57.2 Å². The maximum Gasteiger partial charge on any atom is 0.255 e. The molecular weight excluding hydrogens is 495 g/mol. The number of rotatable bonds is 7. The van der Waals surface area contributed by atoms with Crippen LogP contribution in [-0.2, 0) is 0 Å². The second-order valence-electron chi connectivity index (χ2n) is 9.29. The van der Waals surface area contributed by atoms with Gasteiger partial charge in [-0.15, -0.1) is 0 Å². The molecule has 2 aromatic heterocycles. The first kappa shape index (κ1) is 25.6. The highest BCUT2D eigenvalue weighted by Crippen LogP contribution is 2.29. The lowest BCUT2D eigenvalue weighted by Gasteiger charge is -2.14. The zero-order valence-electron chi connectivity index (χ0n) is 21.7. The number of fused-ring (bicyclic) bond motifs is 1. The van der Waals surface area contributed by atoms with E-state index in [2.05, 4.69) is 26.0 Å². The van der Waals surface area contributed by atoms with Gasteiger partial charge in [-0.1, -0.05) is 42.5 Å². The standard InChI is InChI=1S/C30H27FN6O2/c1-18-12-13-24(35-29(38)22-10-7-11-23(31)14-22)15-26(18)36-28-27-19(2)25(16-37(27)33-17-32-28)30(39)34-20(3)21-8-5-4-6-9-21/h4-17,20H,1-3H3,(H,34,39)(H,35,38)(H,32,33,36). The third kappa shape index (κ3) is 5.47. The van der Waals surface area contributed by atoms with E-state index in [-0.39, 0.29) is 17.5 Å². The van der Waals surface area contributed by atoms with E-state index in [0.29, 0.717) is 28.3 Å². The van der Waals surface area contributed by atoms with Crippen molar-refractivity contribution in [2.45, 2.75) is 26.8 Å². The van der Waals surface area contributed by atoms with Gasteiger partial charge in [0.15, 0.2) is 5.82 Å². The number of halogens is 1. The average molecular weight is 523 g/mol. The van der Waals surface area contributed by atoms with Gasteiger partial charge in [0, 0.05) is 23.1 Å². The minimum Gasteiger partial charge on any atom is -0.345 e. The van der Waals surface area contributed by atoms with Crippen molar-refractivity contribution in [2.24, 2.45) is 0 Å². The van der Waals surface area contributed by atoms with E-state index >= 15 is 0 Å². The average Bonchev–Trinajstić information content (AvgIpc) is 3.28. The van der Waals surface area contributed by atoms with Crippen LogP contribution < -0.4 is 16.0 Å². The van der Waals surface area contributed by atoms with Crippen LogP contribution in [0.5, 0.6) is 0 Å². The topological polar surface area (TPSA) is 100 Å². The fourth-order valence-electron chi connectivity index (χ4n) is 4.38. The molecule has 0 fully saturated rings. The van der Waals surface area contributed by atoms with Crippen LogP contribution in [0.15, 0.2) is 85.3 Å². The highest BCUT2D eigenvalue weighted by atomic mass is 19.1. The summed E-state index contributed by atoms with van der Waals surface area (Å²) in [5.41, 5.74) is 5.26. The van der Waals surface area contributed by atoms with E-state index in [0.717, 1.165) is 16.7 Å². The van der Waals surface area contributed by atoms with Crippen LogP contribution in [0, 0.1) is 19.7 Å². The van der Waals surface area contributed by atoms with Crippen LogP contribution in [0.25, 0.3) is 5.52 Å². The molecule has 0 aliphatic heterocycles. The second kappa shape index (κ2) is 10.7. The number of benzene rings is 3. The smallest absolute Gasteiger partial charge is 0.255 e. The Kier molecular flexibility index (Phi) is 7.05. The van der Waals surface area contributed by atoms with Crippen LogP contribution in [-0.4, -0.2) is 26.4 Å². The number of aromatic nitrogens is 3. The highest BCUT2D eigenvalue weighted by Gasteiger charge is 2.20. The molecule has 5 rings (SSSR count). The summed E-state index contributed by atoms with van der Waals surface area (Å²) in [6.45, 7) is 5.72. The summed E-state index contributed by atoms with van der Waals surface area (Å²) < 4.78 is 15.2. The SMILES string of the molecule is Cc1ccc(NC(=O)c2cccc(F)c2)cc1Nc1ncnn2cc(C(=O)NC(C)c3ccccc3)c(C)c12. The first-order valence-corrected chi connectivity index (χ1v) is 12.4. The van der Waals surface area contributed by atoms with Crippen molar-refractivity contribution in [1.29, 1.82) is 0 Å². The summed E-state index contributed by atoms with van der Waals surface area (Å²) >= 11 is 0. The zero-order chi connectivity index (χ0) is 27.5. The van der Waals surface area contributed by atoms with E-state index in [1.54, 1.807) is 28.9 Å². The van der Waals surface area contributed by atoms with Crippen LogP contribution in [0.3, 0.4) is 0 Å². The molecular formula is C30H27FN6O2. The molecule has 1 atom stereocenters. The molecule has 0 spiro atoms. The number of aryl methyl sites for hydroxylation is 2. The van der Waals surface area contributed by atoms with Gasteiger partial charge in [-0.05, 0) is 67.8 Å². The van der Waals surface area contributed by atoms with Gasteiger partial charge in [-0.2, -0.15) is 5.10 Å². The molecule has 0 aliphatic rings. The van der Waals surface area contributed by atoms with E-state index in [9.17, 15) is 14.0 Å². The largest absolute Gasteiger partial charge is 0.345 e. The number of anilines is 3. The second-order valence-corrected chi connectivity index (χ2v) is 9.29. The lowest BCUT2D eigenvalue weighted by atomic mass is 10.1. The molecule has 3 N–H and O–H groups in total. The predicted octanol–water partition coefficient (Wildman–Crippen LogP) is 5.97. The molecule has 0 saturated carbocycles. The number of carbonyl (C=O) groups is 2. The normalized spacial score (nSPS) is 11.7. The Morgan fingerprint density at radius 1 is 0.949 bits per heavy atom. The van der Waals surface area contributed by atoms with Gasteiger partial charge >= 0.3 is 0 Å². The van der Waals surface area contributed by atoms with Gasteiger partial charge in [0.1, 0.15) is 17.7 Å². The van der Waals surface area contributed by atoms with Crippen LogP contribution in [0.4, 0.5) is 21.6 Å². The first-order chi connectivity index (χ1) is 18.8. The molecule has 39 heavy (non-hydrogen) atoms. The van der Waals surface area contributed by atoms with E-state index in [1.165, 1.54) is 24.5 Å². The van der Waals surface area contributed by atoms with Gasteiger partial charge in [-0.25, -0.2) is 13.9 Å². The monoisotopic (exact) mass is 522 g/mol. The van der Waals surface area contributed by atoms with Gasteiger partial charge in [0.25, 0.3) is 11.8 Å². The van der Waals surface area contributed by atoms with Crippen LogP contribution in [0.1, 0.15) is 50.4 Å². The van der Waals surface area contributed by atoms with Crippen LogP contribution >= 0.6 is 0 Å². The molecule has 196 valence electrons. The number of hydrogen-bond donors (Lipinski definition) is 3. The number of nitrogens with zero attached hydrogens (tertiary/aromatic N) is 3. The Labute approximate surface area is 224 Å². The van der Waals surface area contributed by atoms with Gasteiger partial charge in [-0.3, -0.25) is 9.59 Å². The fraction of sp³-hybridized carbons (Fsp3) is 0.133. The zero-order valence-corrected chi connectivity index (χ0v) is 21.7. The Hall–Kier alpha value is -5.05. The Morgan fingerprint density at radius 2 is 1.74 bits per heavy atom. The quantitative estimate of drug-likeness (QED) is 0.244. The molecule has 0 radical (unpaired) electrons. The van der Waals surface area contributed by atoms with Crippen molar-refractivity contribution in [2.75, 3.05) is 10.6 Å². The third-order valence-corrected chi connectivity index (χ3v) is 6.55. The van der Waals surface area contributed by atoms with Crippen molar-refractivity contribution in [3.8, 4) is 0 Å². The molecule has 2 amide bonds. The minimum atomic E-state index is -0.480. The van der Waals surface area contributed by atoms with Crippen molar-refractivity contribution >= 4 is 34.5 Å². The number of carbonyl (C=O) groups excluding carboxylic acids is 2. The molecule has 0 bridgehead atoms. The van der Waals surface area contributed by atoms with Crippen molar-refractivity contribution < 1.29 is 14.0 Å². The first-order valence-electron chi connectivity index (χ1n) is 12.4. The lowest BCUT2D eigenvalue weighted by molar-refractivity contribution is 0.0938. The van der Waals surface area contributed by atoms with Gasteiger partial charge < -0.3 is 16.0 Å². The molecule has 1 unspecified atom stereocenters. The van der Waals surface area contributed by atoms with Gasteiger partial charge in [0.2, 0.25) is 0 Å². The molecule has 0 saturated heterocycles. The molecule has 3 aromatic carbocycles. The molecule has 9 heteroatoms. The van der Waals surface area contributed by atoms with Gasteiger partial charge in [0.05, 0.1) is 11.6 Å². The number of nitrogens with one attached hydrogen (secondary N) is 3. The fourth-order valence-corrected chi connectivity index (χ4v) is 4.38. The summed E-state index contributed by atoms with van der Waals surface area (Å²) in [4.78, 5) is 30.2. The van der Waals surface area contributed by atoms with E-state index in [4.69, 9.17) is 0 Å². The minimum absolute atomic E-state index is 0.169. The highest BCUT2D eigenvalue weighted by molar-refractivity contribution is 6.04. The molecule has 0 aliphatic carbocycles. The lowest BCUT2D eigenvalue weighted by Crippen LogP contribution is -2.26. The Balaban J connectivity index is 1.40. The van der Waals surface area contributed by atoms with Crippen molar-refractivity contribution in [3.63, 3.8) is 0 Å². The molecule has 5 aromatic rings. The summed E-state index contributed by atoms with van der Waals surface area (Å²) in [6.07, 6.45) is 3.10. The Morgan fingerprint density at radius 3 is 2.51 bits per heavy atom. The van der Waals surface area contributed by atoms with Crippen molar-refractivity contribution in [1.82, 2.24) is 19.9 Å². The predicted molar refractivity (Wildman–Crippen MR) is 149 cm³/mol. The summed E-state index contributed by atoms with van der Waals surface area (Å²) in [5, 5.41) is 13.5. The summed E-state index contributed by atoms with van der Waals surface area (Å²) in [6, 6.07) is 20.5. The van der Waals surface area contributed by atoms with E-state index < -0.39 is 11.7 Å². The maximum absolute atomic E-state index is 13.5. The van der Waals surface area contributed by atoms with Crippen LogP contribution in [0.2, 0.25) is 0 Å². The summed E-state index contributed by atoms with van der Waals surface area (Å²) in [5.74, 6) is -0.601. The molecule has 2 heterocycles. The third-order valence-electron chi connectivity index (χ3n) is 6.55. The maximum atomic E-state index is 13.5.